The summed E-state index contributed by atoms with van der Waals surface area (Å²) in [6.45, 7) is 3.03. The molecule has 1 heterocycles. The van der Waals surface area contributed by atoms with Crippen molar-refractivity contribution in [2.75, 3.05) is 26.2 Å². The van der Waals surface area contributed by atoms with Crippen molar-refractivity contribution < 1.29 is 9.53 Å². The highest BCUT2D eigenvalue weighted by molar-refractivity contribution is 5.93. The van der Waals surface area contributed by atoms with E-state index in [0.29, 0.717) is 13.2 Å². The van der Waals surface area contributed by atoms with Crippen molar-refractivity contribution in [1.82, 2.24) is 10.2 Å². The first kappa shape index (κ1) is 20.8. The second-order valence-electron chi connectivity index (χ2n) is 8.66. The van der Waals surface area contributed by atoms with E-state index in [0.717, 1.165) is 55.5 Å². The second kappa shape index (κ2) is 9.58. The summed E-state index contributed by atoms with van der Waals surface area (Å²) in [6.07, 6.45) is 6.12. The van der Waals surface area contributed by atoms with Crippen LogP contribution in [0.2, 0.25) is 0 Å². The van der Waals surface area contributed by atoms with Gasteiger partial charge in [-0.3, -0.25) is 9.69 Å². The molecular weight excluding hydrogens is 396 g/mol. The Kier molecular flexibility index (Phi) is 6.22. The predicted molar refractivity (Wildman–Crippen MR) is 129 cm³/mol. The average Bonchev–Trinajstić information content (AvgIpc) is 3.38. The topological polar surface area (TPSA) is 41.6 Å². The van der Waals surface area contributed by atoms with Gasteiger partial charge in [0.05, 0.1) is 6.04 Å². The maximum atomic E-state index is 12.6. The summed E-state index contributed by atoms with van der Waals surface area (Å²) < 4.78 is 6.23. The highest BCUT2D eigenvalue weighted by Crippen LogP contribution is 2.30. The van der Waals surface area contributed by atoms with Crippen molar-refractivity contribution in [2.45, 2.75) is 31.7 Å². The van der Waals surface area contributed by atoms with E-state index < -0.39 is 0 Å². The van der Waals surface area contributed by atoms with E-state index in [4.69, 9.17) is 4.74 Å². The first-order chi connectivity index (χ1) is 15.8. The van der Waals surface area contributed by atoms with Crippen molar-refractivity contribution in [3.63, 3.8) is 0 Å². The van der Waals surface area contributed by atoms with Gasteiger partial charge in [-0.15, -0.1) is 0 Å². The summed E-state index contributed by atoms with van der Waals surface area (Å²) in [7, 11) is 0. The third-order valence-corrected chi connectivity index (χ3v) is 6.70. The number of hydrogen-bond donors (Lipinski definition) is 1. The molecule has 1 N–H and O–H groups in total. The molecule has 5 rings (SSSR count). The SMILES string of the molecule is O=C(NCC1c2ccccc2CCN1CCOc1cccc2ccccc12)C1=CCCC1. The number of benzene rings is 3. The van der Waals surface area contributed by atoms with Crippen LogP contribution in [0.15, 0.2) is 78.4 Å². The van der Waals surface area contributed by atoms with E-state index in [1.807, 2.05) is 12.1 Å². The first-order valence-corrected chi connectivity index (χ1v) is 11.7. The zero-order chi connectivity index (χ0) is 21.8. The largest absolute Gasteiger partial charge is 0.492 e. The van der Waals surface area contributed by atoms with Gasteiger partial charge in [-0.25, -0.2) is 0 Å². The molecule has 4 heteroatoms. The molecule has 2 aliphatic rings. The quantitative estimate of drug-likeness (QED) is 0.575. The van der Waals surface area contributed by atoms with Gasteiger partial charge in [0, 0.05) is 30.6 Å². The number of allylic oxidation sites excluding steroid dienone is 1. The van der Waals surface area contributed by atoms with E-state index >= 15 is 0 Å². The Morgan fingerprint density at radius 3 is 2.75 bits per heavy atom. The van der Waals surface area contributed by atoms with Gasteiger partial charge in [0.15, 0.2) is 0 Å². The summed E-state index contributed by atoms with van der Waals surface area (Å²) in [4.78, 5) is 15.1. The van der Waals surface area contributed by atoms with Crippen LogP contribution in [0.1, 0.15) is 36.4 Å². The lowest BCUT2D eigenvalue weighted by Gasteiger charge is -2.37. The minimum atomic E-state index is 0.0949. The number of amides is 1. The van der Waals surface area contributed by atoms with Crippen molar-refractivity contribution in [3.05, 3.63) is 89.5 Å². The fourth-order valence-corrected chi connectivity index (χ4v) is 4.98. The maximum Gasteiger partial charge on any atom is 0.246 e. The molecule has 0 saturated carbocycles. The molecule has 1 aliphatic heterocycles. The molecule has 3 aromatic rings. The Balaban J connectivity index is 1.27. The van der Waals surface area contributed by atoms with E-state index in [1.165, 1.54) is 16.5 Å². The summed E-state index contributed by atoms with van der Waals surface area (Å²) in [5, 5.41) is 5.55. The van der Waals surface area contributed by atoms with E-state index in [9.17, 15) is 4.79 Å². The predicted octanol–water partition coefficient (Wildman–Crippen LogP) is 5.04. The lowest BCUT2D eigenvalue weighted by atomic mass is 9.92. The van der Waals surface area contributed by atoms with E-state index in [-0.39, 0.29) is 11.9 Å². The van der Waals surface area contributed by atoms with Gasteiger partial charge in [-0.05, 0) is 48.3 Å². The van der Waals surface area contributed by atoms with E-state index in [1.54, 1.807) is 0 Å². The van der Waals surface area contributed by atoms with Crippen molar-refractivity contribution in [2.24, 2.45) is 0 Å². The van der Waals surface area contributed by atoms with Crippen LogP contribution in [0, 0.1) is 0 Å². The number of ether oxygens (including phenoxy) is 1. The fourth-order valence-electron chi connectivity index (χ4n) is 4.98. The van der Waals surface area contributed by atoms with Crippen molar-refractivity contribution in [3.8, 4) is 5.75 Å². The van der Waals surface area contributed by atoms with Crippen LogP contribution in [-0.2, 0) is 11.2 Å². The molecule has 4 nitrogen and oxygen atoms in total. The van der Waals surface area contributed by atoms with Crippen molar-refractivity contribution >= 4 is 16.7 Å². The van der Waals surface area contributed by atoms with E-state index in [2.05, 4.69) is 70.9 Å². The molecule has 1 aliphatic carbocycles. The lowest BCUT2D eigenvalue weighted by Crippen LogP contribution is -2.43. The molecule has 0 fully saturated rings. The number of hydrogen-bond acceptors (Lipinski definition) is 3. The lowest BCUT2D eigenvalue weighted by molar-refractivity contribution is -0.117. The third kappa shape index (κ3) is 4.42. The summed E-state index contributed by atoms with van der Waals surface area (Å²) in [6, 6.07) is 23.3. The minimum Gasteiger partial charge on any atom is -0.492 e. The summed E-state index contributed by atoms with van der Waals surface area (Å²) >= 11 is 0. The molecular formula is C28H30N2O2. The smallest absolute Gasteiger partial charge is 0.246 e. The standard InChI is InChI=1S/C28H30N2O2/c31-28(23-10-1-2-11-23)29-20-26-24-13-5-3-9-22(24)16-17-30(26)18-19-32-27-15-7-12-21-8-4-6-14-25(21)27/h3-10,12-15,26H,1-2,11,16-20H2,(H,29,31). The molecule has 0 saturated heterocycles. The summed E-state index contributed by atoms with van der Waals surface area (Å²) in [5.41, 5.74) is 3.66. The van der Waals surface area contributed by atoms with Gasteiger partial charge in [0.25, 0.3) is 0 Å². The van der Waals surface area contributed by atoms with Crippen molar-refractivity contribution in [1.29, 1.82) is 0 Å². The van der Waals surface area contributed by atoms with Gasteiger partial charge < -0.3 is 10.1 Å². The third-order valence-electron chi connectivity index (χ3n) is 6.70. The number of nitrogens with one attached hydrogen (secondary N) is 1. The molecule has 0 aromatic heterocycles. The zero-order valence-corrected chi connectivity index (χ0v) is 18.4. The van der Waals surface area contributed by atoms with Crippen LogP contribution in [0.5, 0.6) is 5.75 Å². The average molecular weight is 427 g/mol. The van der Waals surface area contributed by atoms with Gasteiger partial charge in [0.1, 0.15) is 12.4 Å². The fraction of sp³-hybridized carbons (Fsp3) is 0.321. The van der Waals surface area contributed by atoms with Crippen LogP contribution in [0.4, 0.5) is 0 Å². The normalized spacial score (nSPS) is 18.2. The highest BCUT2D eigenvalue weighted by atomic mass is 16.5. The molecule has 0 bridgehead atoms. The number of carbonyl (C=O) groups is 1. The zero-order valence-electron chi connectivity index (χ0n) is 18.4. The Bertz CT molecular complexity index is 1130. The van der Waals surface area contributed by atoms with Gasteiger partial charge >= 0.3 is 0 Å². The molecule has 164 valence electrons. The number of fused-ring (bicyclic) bond motifs is 2. The molecule has 3 aromatic carbocycles. The Morgan fingerprint density at radius 2 is 1.84 bits per heavy atom. The van der Waals surface area contributed by atoms with Gasteiger partial charge in [0.2, 0.25) is 5.91 Å². The Hall–Kier alpha value is -3.11. The Labute approximate surface area is 189 Å². The molecule has 1 amide bonds. The van der Waals surface area contributed by atoms with Crippen LogP contribution in [-0.4, -0.2) is 37.0 Å². The number of rotatable bonds is 7. The monoisotopic (exact) mass is 426 g/mol. The molecule has 1 atom stereocenters. The Morgan fingerprint density at radius 1 is 1.00 bits per heavy atom. The van der Waals surface area contributed by atoms with Crippen LogP contribution >= 0.6 is 0 Å². The second-order valence-corrected chi connectivity index (χ2v) is 8.66. The molecule has 32 heavy (non-hydrogen) atoms. The highest BCUT2D eigenvalue weighted by Gasteiger charge is 2.28. The molecule has 1 unspecified atom stereocenters. The summed E-state index contributed by atoms with van der Waals surface area (Å²) in [5.74, 6) is 1.02. The van der Waals surface area contributed by atoms with Gasteiger partial charge in [-0.1, -0.05) is 66.7 Å². The first-order valence-electron chi connectivity index (χ1n) is 11.7. The molecule has 0 radical (unpaired) electrons. The number of carbonyl (C=O) groups excluding carboxylic acids is 1. The minimum absolute atomic E-state index is 0.0949. The van der Waals surface area contributed by atoms with Crippen LogP contribution < -0.4 is 10.1 Å². The van der Waals surface area contributed by atoms with Gasteiger partial charge in [-0.2, -0.15) is 0 Å². The van der Waals surface area contributed by atoms with Crippen LogP contribution in [0.3, 0.4) is 0 Å². The molecule has 0 spiro atoms. The number of nitrogens with zero attached hydrogens (tertiary/aromatic N) is 1. The van der Waals surface area contributed by atoms with Crippen LogP contribution in [0.25, 0.3) is 10.8 Å². The maximum absolute atomic E-state index is 12.6.